The number of halogens is 4. The molecule has 1 amide bonds. The Morgan fingerprint density at radius 1 is 1.27 bits per heavy atom. The van der Waals surface area contributed by atoms with Crippen LogP contribution in [0.2, 0.25) is 0 Å². The van der Waals surface area contributed by atoms with Gasteiger partial charge >= 0.3 is 6.18 Å². The van der Waals surface area contributed by atoms with E-state index in [1.165, 1.54) is 23.5 Å². The first-order chi connectivity index (χ1) is 11.6. The highest BCUT2D eigenvalue weighted by molar-refractivity contribution is 7.13. The summed E-state index contributed by atoms with van der Waals surface area (Å²) in [6, 6.07) is 4.84. The summed E-state index contributed by atoms with van der Waals surface area (Å²) in [5.41, 5.74) is 5.57. The van der Waals surface area contributed by atoms with Crippen molar-refractivity contribution in [1.29, 1.82) is 0 Å². The lowest BCUT2D eigenvalue weighted by molar-refractivity contribution is -0.137. The second kappa shape index (κ2) is 8.83. The van der Waals surface area contributed by atoms with Crippen LogP contribution in [0.1, 0.15) is 37.9 Å². The Morgan fingerprint density at radius 3 is 2.42 bits per heavy atom. The number of hydrogen-bond donors (Lipinski definition) is 2. The molecule has 2 aromatic rings. The van der Waals surface area contributed by atoms with E-state index in [0.717, 1.165) is 18.6 Å². The number of nitrogens with zero attached hydrogens (tertiary/aromatic N) is 1. The minimum Gasteiger partial charge on any atom is -0.349 e. The summed E-state index contributed by atoms with van der Waals surface area (Å²) in [6.07, 6.45) is -2.98. The molecule has 0 aliphatic rings. The van der Waals surface area contributed by atoms with Crippen molar-refractivity contribution < 1.29 is 18.0 Å². The van der Waals surface area contributed by atoms with Gasteiger partial charge in [-0.05, 0) is 25.5 Å². The van der Waals surface area contributed by atoms with E-state index >= 15 is 0 Å². The van der Waals surface area contributed by atoms with E-state index < -0.39 is 17.3 Å². The van der Waals surface area contributed by atoms with Gasteiger partial charge in [0.2, 0.25) is 5.91 Å². The largest absolute Gasteiger partial charge is 0.416 e. The molecule has 1 aromatic heterocycles. The first-order valence-electron chi connectivity index (χ1n) is 7.82. The van der Waals surface area contributed by atoms with Crippen LogP contribution in [-0.4, -0.2) is 16.4 Å². The third kappa shape index (κ3) is 5.69. The van der Waals surface area contributed by atoms with E-state index in [1.54, 1.807) is 12.3 Å². The Balaban J connectivity index is 0.00000338. The third-order valence-electron chi connectivity index (χ3n) is 3.73. The predicted octanol–water partition coefficient (Wildman–Crippen LogP) is 4.38. The van der Waals surface area contributed by atoms with Crippen LogP contribution < -0.4 is 11.1 Å². The fourth-order valence-corrected chi connectivity index (χ4v) is 3.15. The zero-order valence-electron chi connectivity index (χ0n) is 14.4. The highest BCUT2D eigenvalue weighted by atomic mass is 35.5. The van der Waals surface area contributed by atoms with Crippen molar-refractivity contribution in [2.75, 3.05) is 0 Å². The number of benzene rings is 1. The minimum atomic E-state index is -4.36. The molecule has 4 nitrogen and oxygen atoms in total. The topological polar surface area (TPSA) is 68.0 Å². The van der Waals surface area contributed by atoms with E-state index in [4.69, 9.17) is 5.73 Å². The number of aromatic nitrogens is 1. The van der Waals surface area contributed by atoms with Crippen LogP contribution >= 0.6 is 23.7 Å². The maximum atomic E-state index is 12.6. The number of carbonyl (C=O) groups is 1. The first kappa shape index (κ1) is 22.4. The second-order valence-electron chi connectivity index (χ2n) is 6.07. The van der Waals surface area contributed by atoms with E-state index in [2.05, 4.69) is 10.3 Å². The number of amides is 1. The van der Waals surface area contributed by atoms with Gasteiger partial charge in [-0.2, -0.15) is 13.2 Å². The quantitative estimate of drug-likeness (QED) is 0.746. The zero-order chi connectivity index (χ0) is 18.7. The summed E-state index contributed by atoms with van der Waals surface area (Å²) >= 11 is 1.31. The van der Waals surface area contributed by atoms with Gasteiger partial charge in [0, 0.05) is 10.9 Å². The van der Waals surface area contributed by atoms with Crippen molar-refractivity contribution in [2.45, 2.75) is 44.9 Å². The standard InChI is InChI=1S/C17H20F3N3OS.ClH/c1-3-8-16(2,21)15(24)22-9-13-10-25-14(23-13)11-4-6-12(7-5-11)17(18,19)20;/h4-7,10H,3,8-9,21H2,1-2H3,(H,22,24);1H. The number of carbonyl (C=O) groups excluding carboxylic acids is 1. The molecule has 26 heavy (non-hydrogen) atoms. The molecule has 0 aliphatic carbocycles. The summed E-state index contributed by atoms with van der Waals surface area (Å²) < 4.78 is 37.8. The third-order valence-corrected chi connectivity index (χ3v) is 4.67. The van der Waals surface area contributed by atoms with Crippen LogP contribution in [0.5, 0.6) is 0 Å². The molecule has 0 fully saturated rings. The van der Waals surface area contributed by atoms with Gasteiger partial charge < -0.3 is 11.1 Å². The molecule has 0 radical (unpaired) electrons. The average molecular weight is 408 g/mol. The molecule has 1 aromatic carbocycles. The molecular weight excluding hydrogens is 387 g/mol. The SMILES string of the molecule is CCCC(C)(N)C(=O)NCc1csc(-c2ccc(C(F)(F)F)cc2)n1.Cl. The summed E-state index contributed by atoms with van der Waals surface area (Å²) in [5.74, 6) is -0.251. The van der Waals surface area contributed by atoms with Gasteiger partial charge in [-0.1, -0.05) is 25.5 Å². The molecule has 0 aliphatic heterocycles. The fraction of sp³-hybridized carbons (Fsp3) is 0.412. The Morgan fingerprint density at radius 2 is 1.88 bits per heavy atom. The Kier molecular flexibility index (Phi) is 7.61. The minimum absolute atomic E-state index is 0. The van der Waals surface area contributed by atoms with Crippen molar-refractivity contribution in [2.24, 2.45) is 5.73 Å². The Bertz CT molecular complexity index is 730. The van der Waals surface area contributed by atoms with Gasteiger partial charge in [0.1, 0.15) is 5.01 Å². The number of nitrogens with one attached hydrogen (secondary N) is 1. The number of rotatable bonds is 6. The van der Waals surface area contributed by atoms with Crippen LogP contribution in [0.3, 0.4) is 0 Å². The summed E-state index contributed by atoms with van der Waals surface area (Å²) in [7, 11) is 0. The molecule has 1 unspecified atom stereocenters. The average Bonchev–Trinajstić information content (AvgIpc) is 3.00. The second-order valence-corrected chi connectivity index (χ2v) is 6.93. The van der Waals surface area contributed by atoms with E-state index in [0.29, 0.717) is 22.7 Å². The predicted molar refractivity (Wildman–Crippen MR) is 99.1 cm³/mol. The van der Waals surface area contributed by atoms with Gasteiger partial charge in [-0.3, -0.25) is 4.79 Å². The molecule has 2 rings (SSSR count). The maximum Gasteiger partial charge on any atom is 0.416 e. The van der Waals surface area contributed by atoms with E-state index in [9.17, 15) is 18.0 Å². The molecule has 1 atom stereocenters. The number of hydrogen-bond acceptors (Lipinski definition) is 4. The molecule has 0 saturated heterocycles. The summed E-state index contributed by atoms with van der Waals surface area (Å²) in [6.45, 7) is 3.86. The lowest BCUT2D eigenvalue weighted by Gasteiger charge is -2.22. The lowest BCUT2D eigenvalue weighted by Crippen LogP contribution is -2.51. The number of alkyl halides is 3. The van der Waals surface area contributed by atoms with Crippen molar-refractivity contribution >= 4 is 29.7 Å². The molecule has 9 heteroatoms. The van der Waals surface area contributed by atoms with Gasteiger partial charge in [-0.15, -0.1) is 23.7 Å². The Hall–Kier alpha value is -1.64. The van der Waals surface area contributed by atoms with Crippen molar-refractivity contribution in [1.82, 2.24) is 10.3 Å². The van der Waals surface area contributed by atoms with Gasteiger partial charge in [0.25, 0.3) is 0 Å². The number of nitrogens with two attached hydrogens (primary N) is 1. The Labute approximate surface area is 160 Å². The van der Waals surface area contributed by atoms with Crippen molar-refractivity contribution in [3.8, 4) is 10.6 Å². The van der Waals surface area contributed by atoms with Crippen LogP contribution in [-0.2, 0) is 17.5 Å². The normalized spacial score (nSPS) is 13.6. The van der Waals surface area contributed by atoms with Gasteiger partial charge in [0.15, 0.2) is 0 Å². The lowest BCUT2D eigenvalue weighted by atomic mass is 9.96. The van der Waals surface area contributed by atoms with Crippen LogP contribution in [0.25, 0.3) is 10.6 Å². The molecule has 0 saturated carbocycles. The molecule has 1 heterocycles. The van der Waals surface area contributed by atoms with E-state index in [1.807, 2.05) is 6.92 Å². The molecular formula is C17H21ClF3N3OS. The van der Waals surface area contributed by atoms with Crippen molar-refractivity contribution in [3.63, 3.8) is 0 Å². The monoisotopic (exact) mass is 407 g/mol. The van der Waals surface area contributed by atoms with E-state index in [-0.39, 0.29) is 24.9 Å². The smallest absolute Gasteiger partial charge is 0.349 e. The number of thiazole rings is 1. The fourth-order valence-electron chi connectivity index (χ4n) is 2.33. The van der Waals surface area contributed by atoms with Crippen molar-refractivity contribution in [3.05, 3.63) is 40.9 Å². The first-order valence-corrected chi connectivity index (χ1v) is 8.70. The zero-order valence-corrected chi connectivity index (χ0v) is 16.0. The van der Waals surface area contributed by atoms with Gasteiger partial charge in [0.05, 0.1) is 23.3 Å². The summed E-state index contributed by atoms with van der Waals surface area (Å²) in [5, 5.41) is 5.11. The summed E-state index contributed by atoms with van der Waals surface area (Å²) in [4.78, 5) is 16.4. The van der Waals surface area contributed by atoms with Crippen LogP contribution in [0, 0.1) is 0 Å². The molecule has 0 bridgehead atoms. The van der Waals surface area contributed by atoms with Gasteiger partial charge in [-0.25, -0.2) is 4.98 Å². The highest BCUT2D eigenvalue weighted by Crippen LogP contribution is 2.31. The molecule has 0 spiro atoms. The van der Waals surface area contributed by atoms with Crippen LogP contribution in [0.15, 0.2) is 29.6 Å². The van der Waals surface area contributed by atoms with Crippen LogP contribution in [0.4, 0.5) is 13.2 Å². The molecule has 144 valence electrons. The highest BCUT2D eigenvalue weighted by Gasteiger charge is 2.30. The maximum absolute atomic E-state index is 12.6. The molecule has 3 N–H and O–H groups in total.